The van der Waals surface area contributed by atoms with Gasteiger partial charge in [-0.1, -0.05) is 30.3 Å². The van der Waals surface area contributed by atoms with E-state index in [2.05, 4.69) is 0 Å². The lowest BCUT2D eigenvalue weighted by atomic mass is 10.0. The SMILES string of the molecule is CC(=C(C#N)C=O)c1ccccc1. The summed E-state index contributed by atoms with van der Waals surface area (Å²) in [6.45, 7) is 1.77. The Morgan fingerprint density at radius 1 is 1.38 bits per heavy atom. The van der Waals surface area contributed by atoms with Crippen LogP contribution in [0.15, 0.2) is 35.9 Å². The second-order valence-electron chi connectivity index (χ2n) is 2.63. The fraction of sp³-hybridized carbons (Fsp3) is 0.0909. The van der Waals surface area contributed by atoms with E-state index in [1.807, 2.05) is 36.4 Å². The van der Waals surface area contributed by atoms with Crippen molar-refractivity contribution in [3.05, 3.63) is 41.5 Å². The van der Waals surface area contributed by atoms with Gasteiger partial charge in [-0.2, -0.15) is 5.26 Å². The summed E-state index contributed by atoms with van der Waals surface area (Å²) in [5.41, 5.74) is 1.82. The van der Waals surface area contributed by atoms with E-state index >= 15 is 0 Å². The van der Waals surface area contributed by atoms with Gasteiger partial charge in [0.05, 0.1) is 5.57 Å². The van der Waals surface area contributed by atoms with Crippen LogP contribution in [0.5, 0.6) is 0 Å². The summed E-state index contributed by atoms with van der Waals surface area (Å²) in [4.78, 5) is 10.5. The van der Waals surface area contributed by atoms with Crippen molar-refractivity contribution in [1.82, 2.24) is 0 Å². The molecule has 1 aromatic rings. The average molecular weight is 171 g/mol. The summed E-state index contributed by atoms with van der Waals surface area (Å²) < 4.78 is 0. The minimum absolute atomic E-state index is 0.186. The van der Waals surface area contributed by atoms with Gasteiger partial charge in [0.25, 0.3) is 0 Å². The number of carbonyl (C=O) groups is 1. The monoisotopic (exact) mass is 171 g/mol. The zero-order chi connectivity index (χ0) is 9.68. The van der Waals surface area contributed by atoms with E-state index in [1.165, 1.54) is 0 Å². The Hall–Kier alpha value is -1.88. The Morgan fingerprint density at radius 3 is 2.46 bits per heavy atom. The molecule has 0 saturated carbocycles. The molecule has 0 bridgehead atoms. The van der Waals surface area contributed by atoms with Crippen LogP contribution in [0.3, 0.4) is 0 Å². The molecule has 2 nitrogen and oxygen atoms in total. The number of hydrogen-bond acceptors (Lipinski definition) is 2. The van der Waals surface area contributed by atoms with Crippen LogP contribution in [0.2, 0.25) is 0 Å². The lowest BCUT2D eigenvalue weighted by Gasteiger charge is -1.99. The van der Waals surface area contributed by atoms with Crippen molar-refractivity contribution < 1.29 is 4.79 Å². The van der Waals surface area contributed by atoms with Crippen molar-refractivity contribution in [2.45, 2.75) is 6.92 Å². The Kier molecular flexibility index (Phi) is 2.99. The molecular weight excluding hydrogens is 162 g/mol. The highest BCUT2D eigenvalue weighted by Gasteiger charge is 2.01. The predicted octanol–water partition coefficient (Wildman–Crippen LogP) is 2.18. The first-order chi connectivity index (χ1) is 6.29. The molecule has 1 rings (SSSR count). The van der Waals surface area contributed by atoms with Crippen LogP contribution in [0.25, 0.3) is 5.57 Å². The highest BCUT2D eigenvalue weighted by atomic mass is 16.1. The second-order valence-corrected chi connectivity index (χ2v) is 2.63. The molecule has 0 radical (unpaired) electrons. The average Bonchev–Trinajstić information content (AvgIpc) is 2.21. The number of hydrogen-bond donors (Lipinski definition) is 0. The maximum absolute atomic E-state index is 10.5. The molecule has 0 aromatic heterocycles. The molecule has 0 heterocycles. The smallest absolute Gasteiger partial charge is 0.160 e. The third-order valence-electron chi connectivity index (χ3n) is 1.85. The Balaban J connectivity index is 3.18. The third-order valence-corrected chi connectivity index (χ3v) is 1.85. The third kappa shape index (κ3) is 2.03. The molecule has 2 heteroatoms. The summed E-state index contributed by atoms with van der Waals surface area (Å²) in [5, 5.41) is 8.62. The molecule has 13 heavy (non-hydrogen) atoms. The molecule has 1 aromatic carbocycles. The van der Waals surface area contributed by atoms with E-state index in [0.29, 0.717) is 6.29 Å². The normalized spacial score (nSPS) is 11.4. The fourth-order valence-corrected chi connectivity index (χ4v) is 1.04. The number of rotatable bonds is 2. The first-order valence-corrected chi connectivity index (χ1v) is 3.91. The van der Waals surface area contributed by atoms with Crippen LogP contribution in [0, 0.1) is 11.3 Å². The van der Waals surface area contributed by atoms with Gasteiger partial charge >= 0.3 is 0 Å². The Bertz CT molecular complexity index is 371. The molecule has 0 fully saturated rings. The first-order valence-electron chi connectivity index (χ1n) is 3.91. The number of aldehydes is 1. The van der Waals surface area contributed by atoms with Gasteiger partial charge in [0.2, 0.25) is 0 Å². The van der Waals surface area contributed by atoms with Gasteiger partial charge in [-0.15, -0.1) is 0 Å². The summed E-state index contributed by atoms with van der Waals surface area (Å²) in [6, 6.07) is 11.2. The standard InChI is InChI=1S/C11H9NO/c1-9(11(7-12)8-13)10-5-3-2-4-6-10/h2-6,8H,1H3. The van der Waals surface area contributed by atoms with Gasteiger partial charge in [0, 0.05) is 0 Å². The topological polar surface area (TPSA) is 40.9 Å². The zero-order valence-electron chi connectivity index (χ0n) is 7.32. The highest BCUT2D eigenvalue weighted by molar-refractivity contribution is 5.91. The minimum atomic E-state index is 0.186. The Labute approximate surface area is 77.1 Å². The highest BCUT2D eigenvalue weighted by Crippen LogP contribution is 2.15. The van der Waals surface area contributed by atoms with Crippen LogP contribution in [0.1, 0.15) is 12.5 Å². The van der Waals surface area contributed by atoms with Crippen LogP contribution in [0.4, 0.5) is 0 Å². The van der Waals surface area contributed by atoms with Gasteiger partial charge in [0.15, 0.2) is 6.29 Å². The van der Waals surface area contributed by atoms with Gasteiger partial charge in [-0.05, 0) is 18.1 Å². The molecule has 0 unspecified atom stereocenters. The number of carbonyl (C=O) groups excluding carboxylic acids is 1. The van der Waals surface area contributed by atoms with Gasteiger partial charge in [-0.25, -0.2) is 0 Å². The van der Waals surface area contributed by atoms with E-state index in [9.17, 15) is 4.79 Å². The summed E-state index contributed by atoms with van der Waals surface area (Å²) in [5.74, 6) is 0. The van der Waals surface area contributed by atoms with Gasteiger partial charge < -0.3 is 0 Å². The maximum atomic E-state index is 10.5. The molecule has 0 atom stereocenters. The second kappa shape index (κ2) is 4.22. The van der Waals surface area contributed by atoms with Crippen molar-refractivity contribution in [2.75, 3.05) is 0 Å². The van der Waals surface area contributed by atoms with Crippen LogP contribution >= 0.6 is 0 Å². The number of benzene rings is 1. The zero-order valence-corrected chi connectivity index (χ0v) is 7.32. The number of allylic oxidation sites excluding steroid dienone is 2. The molecule has 0 aliphatic heterocycles. The number of nitrogens with zero attached hydrogens (tertiary/aromatic N) is 1. The maximum Gasteiger partial charge on any atom is 0.160 e. The molecule has 0 aliphatic carbocycles. The molecule has 0 aliphatic rings. The first kappa shape index (κ1) is 9.21. The van der Waals surface area contributed by atoms with Gasteiger partial charge in [0.1, 0.15) is 6.07 Å². The van der Waals surface area contributed by atoms with Crippen LogP contribution in [-0.4, -0.2) is 6.29 Å². The number of nitriles is 1. The van der Waals surface area contributed by atoms with Crippen molar-refractivity contribution >= 4 is 11.9 Å². The molecule has 0 saturated heterocycles. The van der Waals surface area contributed by atoms with Crippen LogP contribution < -0.4 is 0 Å². The predicted molar refractivity (Wildman–Crippen MR) is 50.7 cm³/mol. The van der Waals surface area contributed by atoms with E-state index < -0.39 is 0 Å². The van der Waals surface area contributed by atoms with Crippen LogP contribution in [-0.2, 0) is 4.79 Å². The van der Waals surface area contributed by atoms with Crippen molar-refractivity contribution in [3.8, 4) is 6.07 Å². The van der Waals surface area contributed by atoms with E-state index in [4.69, 9.17) is 5.26 Å². The summed E-state index contributed by atoms with van der Waals surface area (Å²) in [7, 11) is 0. The van der Waals surface area contributed by atoms with Gasteiger partial charge in [-0.3, -0.25) is 4.79 Å². The van der Waals surface area contributed by atoms with Crippen molar-refractivity contribution in [1.29, 1.82) is 5.26 Å². The quantitative estimate of drug-likeness (QED) is 0.388. The largest absolute Gasteiger partial charge is 0.297 e. The lowest BCUT2D eigenvalue weighted by molar-refractivity contribution is -0.104. The lowest BCUT2D eigenvalue weighted by Crippen LogP contribution is -1.87. The van der Waals surface area contributed by atoms with Crippen molar-refractivity contribution in [2.24, 2.45) is 0 Å². The summed E-state index contributed by atoms with van der Waals surface area (Å²) in [6.07, 6.45) is 0.586. The fourth-order valence-electron chi connectivity index (χ4n) is 1.04. The molecule has 0 amide bonds. The molecule has 0 N–H and O–H groups in total. The van der Waals surface area contributed by atoms with E-state index in [0.717, 1.165) is 11.1 Å². The molecule has 64 valence electrons. The summed E-state index contributed by atoms with van der Waals surface area (Å²) >= 11 is 0. The van der Waals surface area contributed by atoms with E-state index in [1.54, 1.807) is 6.92 Å². The van der Waals surface area contributed by atoms with Crippen molar-refractivity contribution in [3.63, 3.8) is 0 Å². The minimum Gasteiger partial charge on any atom is -0.297 e. The molecule has 0 spiro atoms. The molecular formula is C11H9NO. The van der Waals surface area contributed by atoms with E-state index in [-0.39, 0.29) is 5.57 Å². The Morgan fingerprint density at radius 2 is 2.00 bits per heavy atom.